The zero-order valence-electron chi connectivity index (χ0n) is 18.3. The summed E-state index contributed by atoms with van der Waals surface area (Å²) < 4.78 is 0. The molecule has 0 fully saturated rings. The third-order valence-electron chi connectivity index (χ3n) is 4.98. The molecule has 2 aromatic carbocycles. The molecular formula is C24H28N4O2S. The fraction of sp³-hybridized carbons (Fsp3) is 0.292. The molecular weight excluding hydrogens is 408 g/mol. The van der Waals surface area contributed by atoms with E-state index >= 15 is 0 Å². The van der Waals surface area contributed by atoms with Gasteiger partial charge in [0.1, 0.15) is 0 Å². The van der Waals surface area contributed by atoms with Gasteiger partial charge in [-0.1, -0.05) is 31.2 Å². The number of amides is 2. The number of benzene rings is 2. The Kier molecular flexibility index (Phi) is 7.41. The first-order valence-electron chi connectivity index (χ1n) is 10.3. The Morgan fingerprint density at radius 1 is 1.10 bits per heavy atom. The number of hydrogen-bond donors (Lipinski definition) is 2. The predicted molar refractivity (Wildman–Crippen MR) is 128 cm³/mol. The Bertz CT molecular complexity index is 1030. The summed E-state index contributed by atoms with van der Waals surface area (Å²) in [5.41, 5.74) is 4.47. The Morgan fingerprint density at radius 2 is 1.77 bits per heavy atom. The van der Waals surface area contributed by atoms with Crippen LogP contribution < -0.4 is 15.5 Å². The number of thiazole rings is 1. The monoisotopic (exact) mass is 436 g/mol. The second-order valence-electron chi connectivity index (χ2n) is 7.50. The maximum Gasteiger partial charge on any atom is 0.257 e. The van der Waals surface area contributed by atoms with E-state index in [9.17, 15) is 9.59 Å². The molecule has 0 bridgehead atoms. The molecule has 1 atom stereocenters. The maximum atomic E-state index is 12.6. The van der Waals surface area contributed by atoms with Crippen molar-refractivity contribution in [2.24, 2.45) is 0 Å². The minimum Gasteiger partial charge on any atom is -0.375 e. The fourth-order valence-corrected chi connectivity index (χ4v) is 4.01. The topological polar surface area (TPSA) is 74.3 Å². The molecule has 31 heavy (non-hydrogen) atoms. The van der Waals surface area contributed by atoms with E-state index in [4.69, 9.17) is 0 Å². The number of nitrogens with one attached hydrogen (secondary N) is 2. The third kappa shape index (κ3) is 5.92. The standard InChI is InChI=1S/C24H28N4O2S/c1-5-14-28(4)21-12-10-20(11-13-21)23(30)27-24-26-22(15-31-24)19-8-6-18(7-9-19)16(2)25-17(3)29/h6-13,15-16H,5,14H2,1-4H3,(H,25,29)(H,26,27,30). The van der Waals surface area contributed by atoms with Gasteiger partial charge in [-0.05, 0) is 43.2 Å². The molecule has 2 amide bonds. The average molecular weight is 437 g/mol. The van der Waals surface area contributed by atoms with Crippen LogP contribution in [0.4, 0.5) is 10.8 Å². The van der Waals surface area contributed by atoms with Gasteiger partial charge in [0, 0.05) is 42.7 Å². The largest absolute Gasteiger partial charge is 0.375 e. The summed E-state index contributed by atoms with van der Waals surface area (Å²) in [6, 6.07) is 15.4. The molecule has 162 valence electrons. The molecule has 0 aliphatic carbocycles. The van der Waals surface area contributed by atoms with E-state index in [1.165, 1.54) is 18.3 Å². The van der Waals surface area contributed by atoms with Gasteiger partial charge in [0.25, 0.3) is 5.91 Å². The van der Waals surface area contributed by atoms with E-state index in [2.05, 4.69) is 27.4 Å². The van der Waals surface area contributed by atoms with Crippen LogP contribution in [-0.2, 0) is 4.79 Å². The normalized spacial score (nSPS) is 11.6. The third-order valence-corrected chi connectivity index (χ3v) is 5.74. The fourth-order valence-electron chi connectivity index (χ4n) is 3.30. The number of nitrogens with zero attached hydrogens (tertiary/aromatic N) is 2. The van der Waals surface area contributed by atoms with Crippen molar-refractivity contribution in [2.75, 3.05) is 23.8 Å². The van der Waals surface area contributed by atoms with Gasteiger partial charge in [-0.25, -0.2) is 4.98 Å². The number of carbonyl (C=O) groups is 2. The first-order chi connectivity index (χ1) is 14.9. The van der Waals surface area contributed by atoms with Crippen molar-refractivity contribution in [3.8, 4) is 11.3 Å². The number of aromatic nitrogens is 1. The van der Waals surface area contributed by atoms with Gasteiger partial charge in [0.2, 0.25) is 5.91 Å². The maximum absolute atomic E-state index is 12.6. The van der Waals surface area contributed by atoms with Crippen molar-refractivity contribution in [3.63, 3.8) is 0 Å². The van der Waals surface area contributed by atoms with E-state index in [0.29, 0.717) is 10.7 Å². The summed E-state index contributed by atoms with van der Waals surface area (Å²) in [5.74, 6) is -0.232. The highest BCUT2D eigenvalue weighted by molar-refractivity contribution is 7.14. The molecule has 0 saturated carbocycles. The molecule has 6 nitrogen and oxygen atoms in total. The van der Waals surface area contributed by atoms with Gasteiger partial charge in [-0.15, -0.1) is 11.3 Å². The number of rotatable bonds is 8. The van der Waals surface area contributed by atoms with Crippen LogP contribution >= 0.6 is 11.3 Å². The summed E-state index contributed by atoms with van der Waals surface area (Å²) in [6.45, 7) is 6.57. The van der Waals surface area contributed by atoms with Crippen LogP contribution in [-0.4, -0.2) is 30.4 Å². The number of hydrogen-bond acceptors (Lipinski definition) is 5. The highest BCUT2D eigenvalue weighted by atomic mass is 32.1. The van der Waals surface area contributed by atoms with Crippen molar-refractivity contribution in [1.29, 1.82) is 0 Å². The van der Waals surface area contributed by atoms with Crippen molar-refractivity contribution in [2.45, 2.75) is 33.2 Å². The summed E-state index contributed by atoms with van der Waals surface area (Å²) in [4.78, 5) is 30.5. The minimum atomic E-state index is -0.176. The lowest BCUT2D eigenvalue weighted by molar-refractivity contribution is -0.119. The van der Waals surface area contributed by atoms with E-state index in [0.717, 1.165) is 35.5 Å². The average Bonchev–Trinajstić information content (AvgIpc) is 3.22. The summed E-state index contributed by atoms with van der Waals surface area (Å²) in [6.07, 6.45) is 1.07. The van der Waals surface area contributed by atoms with Gasteiger partial charge in [0.15, 0.2) is 5.13 Å². The Hall–Kier alpha value is -3.19. The van der Waals surface area contributed by atoms with E-state index in [-0.39, 0.29) is 17.9 Å². The van der Waals surface area contributed by atoms with Crippen LogP contribution in [0, 0.1) is 0 Å². The van der Waals surface area contributed by atoms with E-state index in [1.54, 1.807) is 0 Å². The first-order valence-corrected chi connectivity index (χ1v) is 11.2. The molecule has 0 radical (unpaired) electrons. The van der Waals surface area contributed by atoms with Crippen molar-refractivity contribution < 1.29 is 9.59 Å². The van der Waals surface area contributed by atoms with Crippen LogP contribution in [0.3, 0.4) is 0 Å². The quantitative estimate of drug-likeness (QED) is 0.515. The molecule has 0 aliphatic heterocycles. The second-order valence-corrected chi connectivity index (χ2v) is 8.36. The van der Waals surface area contributed by atoms with Crippen molar-refractivity contribution in [1.82, 2.24) is 10.3 Å². The first kappa shape index (κ1) is 22.5. The van der Waals surface area contributed by atoms with Crippen LogP contribution in [0.15, 0.2) is 53.9 Å². The smallest absolute Gasteiger partial charge is 0.257 e. The lowest BCUT2D eigenvalue weighted by Gasteiger charge is -2.18. The summed E-state index contributed by atoms with van der Waals surface area (Å²) in [7, 11) is 2.04. The minimum absolute atomic E-state index is 0.0509. The predicted octanol–water partition coefficient (Wildman–Crippen LogP) is 5.11. The number of anilines is 2. The molecule has 7 heteroatoms. The molecule has 0 saturated heterocycles. The molecule has 1 aromatic heterocycles. The number of carbonyl (C=O) groups excluding carboxylic acids is 2. The van der Waals surface area contributed by atoms with Crippen LogP contribution in [0.1, 0.15) is 49.2 Å². The van der Waals surface area contributed by atoms with E-state index < -0.39 is 0 Å². The van der Waals surface area contributed by atoms with Gasteiger partial charge in [-0.3, -0.25) is 14.9 Å². The molecule has 1 unspecified atom stereocenters. The highest BCUT2D eigenvalue weighted by Crippen LogP contribution is 2.26. The van der Waals surface area contributed by atoms with Crippen LogP contribution in [0.25, 0.3) is 11.3 Å². The molecule has 1 heterocycles. The Labute approximate surface area is 187 Å². The molecule has 0 spiro atoms. The van der Waals surface area contributed by atoms with Crippen LogP contribution in [0.5, 0.6) is 0 Å². The highest BCUT2D eigenvalue weighted by Gasteiger charge is 2.12. The second kappa shape index (κ2) is 10.2. The zero-order chi connectivity index (χ0) is 22.4. The lowest BCUT2D eigenvalue weighted by atomic mass is 10.1. The van der Waals surface area contributed by atoms with E-state index in [1.807, 2.05) is 67.9 Å². The zero-order valence-corrected chi connectivity index (χ0v) is 19.1. The van der Waals surface area contributed by atoms with Crippen LogP contribution in [0.2, 0.25) is 0 Å². The van der Waals surface area contributed by atoms with Gasteiger partial charge >= 0.3 is 0 Å². The molecule has 0 aliphatic rings. The molecule has 3 aromatic rings. The van der Waals surface area contributed by atoms with Gasteiger partial charge in [-0.2, -0.15) is 0 Å². The summed E-state index contributed by atoms with van der Waals surface area (Å²) >= 11 is 1.39. The Balaban J connectivity index is 1.64. The lowest BCUT2D eigenvalue weighted by Crippen LogP contribution is -2.23. The van der Waals surface area contributed by atoms with Crippen molar-refractivity contribution in [3.05, 3.63) is 65.0 Å². The van der Waals surface area contributed by atoms with Gasteiger partial charge in [0.05, 0.1) is 11.7 Å². The molecule has 2 N–H and O–H groups in total. The summed E-state index contributed by atoms with van der Waals surface area (Å²) in [5, 5.41) is 8.23. The Morgan fingerprint density at radius 3 is 2.39 bits per heavy atom. The SMILES string of the molecule is CCCN(C)c1ccc(C(=O)Nc2nc(-c3ccc(C(C)NC(C)=O)cc3)cs2)cc1. The molecule has 3 rings (SSSR count). The van der Waals surface area contributed by atoms with Crippen molar-refractivity contribution >= 4 is 34.0 Å². The van der Waals surface area contributed by atoms with Gasteiger partial charge < -0.3 is 10.2 Å².